The van der Waals surface area contributed by atoms with Crippen molar-refractivity contribution in [3.05, 3.63) is 35.1 Å². The minimum absolute atomic E-state index is 0. The number of hydrogen-bond donors (Lipinski definition) is 1. The Balaban J connectivity index is 0.00000400. The van der Waals surface area contributed by atoms with Crippen LogP contribution in [0.25, 0.3) is 0 Å². The minimum Gasteiger partial charge on any atom is -0.340 e. The van der Waals surface area contributed by atoms with E-state index in [4.69, 9.17) is 5.73 Å². The van der Waals surface area contributed by atoms with E-state index in [0.29, 0.717) is 6.42 Å². The second kappa shape index (κ2) is 9.17. The molecule has 0 spiro atoms. The highest BCUT2D eigenvalue weighted by Crippen LogP contribution is 2.15. The first-order valence-corrected chi connectivity index (χ1v) is 7.39. The SMILES string of the molecule is CSCCC(N)C(=O)N(C)Cc1cc(F)c(F)c(F)c1.Cl. The molecule has 0 bridgehead atoms. The third-order valence-electron chi connectivity index (χ3n) is 2.79. The van der Waals surface area contributed by atoms with Crippen LogP contribution in [0, 0.1) is 17.5 Å². The van der Waals surface area contributed by atoms with E-state index in [1.54, 1.807) is 11.8 Å². The van der Waals surface area contributed by atoms with Crippen molar-refractivity contribution in [2.24, 2.45) is 5.73 Å². The molecule has 1 amide bonds. The Morgan fingerprint density at radius 2 is 1.86 bits per heavy atom. The molecule has 0 heterocycles. The van der Waals surface area contributed by atoms with Gasteiger partial charge in [0.1, 0.15) is 0 Å². The van der Waals surface area contributed by atoms with E-state index in [9.17, 15) is 18.0 Å². The molecular formula is C13H18ClF3N2OS. The van der Waals surface area contributed by atoms with Gasteiger partial charge in [-0.1, -0.05) is 0 Å². The Hall–Kier alpha value is -0.920. The van der Waals surface area contributed by atoms with Crippen LogP contribution in [-0.4, -0.2) is 35.9 Å². The van der Waals surface area contributed by atoms with Crippen LogP contribution in [0.4, 0.5) is 13.2 Å². The normalized spacial score (nSPS) is 11.7. The Bertz CT molecular complexity index is 467. The summed E-state index contributed by atoms with van der Waals surface area (Å²) in [7, 11) is 1.49. The lowest BCUT2D eigenvalue weighted by Gasteiger charge is -2.21. The van der Waals surface area contributed by atoms with Gasteiger partial charge >= 0.3 is 0 Å². The molecule has 0 aliphatic carbocycles. The van der Waals surface area contributed by atoms with Gasteiger partial charge in [-0.05, 0) is 36.1 Å². The molecule has 21 heavy (non-hydrogen) atoms. The van der Waals surface area contributed by atoms with Gasteiger partial charge in [-0.3, -0.25) is 4.79 Å². The van der Waals surface area contributed by atoms with E-state index in [1.807, 2.05) is 6.26 Å². The molecule has 0 radical (unpaired) electrons. The lowest BCUT2D eigenvalue weighted by Crippen LogP contribution is -2.41. The minimum atomic E-state index is -1.51. The number of likely N-dealkylation sites (N-methyl/N-ethyl adjacent to an activating group) is 1. The van der Waals surface area contributed by atoms with Crippen LogP contribution in [0.3, 0.4) is 0 Å². The fraction of sp³-hybridized carbons (Fsp3) is 0.462. The zero-order valence-corrected chi connectivity index (χ0v) is 13.4. The Kier molecular flexibility index (Phi) is 8.77. The average Bonchev–Trinajstić information content (AvgIpc) is 2.41. The predicted molar refractivity (Wildman–Crippen MR) is 81.0 cm³/mol. The summed E-state index contributed by atoms with van der Waals surface area (Å²) in [6, 6.07) is 1.09. The number of benzene rings is 1. The molecule has 0 aromatic heterocycles. The maximum atomic E-state index is 13.1. The summed E-state index contributed by atoms with van der Waals surface area (Å²) in [5, 5.41) is 0. The Morgan fingerprint density at radius 1 is 1.33 bits per heavy atom. The summed E-state index contributed by atoms with van der Waals surface area (Å²) in [5.74, 6) is -3.62. The quantitative estimate of drug-likeness (QED) is 0.808. The molecule has 3 nitrogen and oxygen atoms in total. The summed E-state index contributed by atoms with van der Waals surface area (Å²) in [6.07, 6.45) is 2.43. The van der Waals surface area contributed by atoms with Crippen molar-refractivity contribution in [2.45, 2.75) is 19.0 Å². The summed E-state index contributed by atoms with van der Waals surface area (Å²) in [6.45, 7) is -0.0279. The van der Waals surface area contributed by atoms with Gasteiger partial charge in [0.05, 0.1) is 6.04 Å². The molecule has 0 saturated heterocycles. The molecule has 1 aromatic carbocycles. The van der Waals surface area contributed by atoms with Crippen molar-refractivity contribution in [2.75, 3.05) is 19.1 Å². The number of thioether (sulfide) groups is 1. The van der Waals surface area contributed by atoms with E-state index in [0.717, 1.165) is 17.9 Å². The van der Waals surface area contributed by atoms with Crippen molar-refractivity contribution < 1.29 is 18.0 Å². The standard InChI is InChI=1S/C13H17F3N2OS.ClH/c1-18(13(19)11(17)3-4-20-2)7-8-5-9(14)12(16)10(15)6-8;/h5-6,11H,3-4,7,17H2,1-2H3;1H. The van der Waals surface area contributed by atoms with Crippen molar-refractivity contribution in [1.29, 1.82) is 0 Å². The van der Waals surface area contributed by atoms with Gasteiger partial charge in [0.15, 0.2) is 17.5 Å². The maximum absolute atomic E-state index is 13.1. The van der Waals surface area contributed by atoms with E-state index in [2.05, 4.69) is 0 Å². The molecule has 1 unspecified atom stereocenters. The second-order valence-electron chi connectivity index (χ2n) is 4.46. The molecule has 1 aromatic rings. The van der Waals surface area contributed by atoms with Gasteiger partial charge in [-0.25, -0.2) is 13.2 Å². The highest BCUT2D eigenvalue weighted by molar-refractivity contribution is 7.98. The van der Waals surface area contributed by atoms with Gasteiger partial charge < -0.3 is 10.6 Å². The van der Waals surface area contributed by atoms with Crippen molar-refractivity contribution in [3.63, 3.8) is 0 Å². The molecule has 0 aliphatic heterocycles. The summed E-state index contributed by atoms with van der Waals surface area (Å²) >= 11 is 1.58. The number of hydrogen-bond acceptors (Lipinski definition) is 3. The van der Waals surface area contributed by atoms with Crippen molar-refractivity contribution in [1.82, 2.24) is 4.90 Å². The lowest BCUT2D eigenvalue weighted by molar-refractivity contribution is -0.131. The lowest BCUT2D eigenvalue weighted by atomic mass is 10.1. The van der Waals surface area contributed by atoms with Crippen LogP contribution in [0.1, 0.15) is 12.0 Å². The largest absolute Gasteiger partial charge is 0.340 e. The topological polar surface area (TPSA) is 46.3 Å². The van der Waals surface area contributed by atoms with Crippen molar-refractivity contribution in [3.8, 4) is 0 Å². The third kappa shape index (κ3) is 5.76. The molecule has 8 heteroatoms. The average molecular weight is 343 g/mol. The van der Waals surface area contributed by atoms with Gasteiger partial charge in [0.2, 0.25) is 5.91 Å². The zero-order valence-electron chi connectivity index (χ0n) is 11.7. The number of carbonyl (C=O) groups is 1. The van der Waals surface area contributed by atoms with Crippen LogP contribution in [0.15, 0.2) is 12.1 Å². The van der Waals surface area contributed by atoms with Gasteiger partial charge in [-0.15, -0.1) is 12.4 Å². The van der Waals surface area contributed by atoms with E-state index in [1.165, 1.54) is 11.9 Å². The van der Waals surface area contributed by atoms with Gasteiger partial charge in [0.25, 0.3) is 0 Å². The summed E-state index contributed by atoms with van der Waals surface area (Å²) in [4.78, 5) is 13.2. The number of amides is 1. The van der Waals surface area contributed by atoms with E-state index < -0.39 is 23.5 Å². The molecule has 120 valence electrons. The molecular weight excluding hydrogens is 325 g/mol. The second-order valence-corrected chi connectivity index (χ2v) is 5.44. The number of nitrogens with two attached hydrogens (primary N) is 1. The van der Waals surface area contributed by atoms with Crippen LogP contribution in [0.2, 0.25) is 0 Å². The summed E-state index contributed by atoms with van der Waals surface area (Å²) < 4.78 is 39.0. The van der Waals surface area contributed by atoms with Gasteiger partial charge in [-0.2, -0.15) is 11.8 Å². The smallest absolute Gasteiger partial charge is 0.239 e. The van der Waals surface area contributed by atoms with Crippen LogP contribution in [0.5, 0.6) is 0 Å². The zero-order chi connectivity index (χ0) is 15.3. The molecule has 2 N–H and O–H groups in total. The van der Waals surface area contributed by atoms with E-state index in [-0.39, 0.29) is 30.4 Å². The summed E-state index contributed by atoms with van der Waals surface area (Å²) in [5.41, 5.74) is 5.90. The fourth-order valence-electron chi connectivity index (χ4n) is 1.70. The number of carbonyl (C=O) groups excluding carboxylic acids is 1. The number of halogens is 4. The number of nitrogens with zero attached hydrogens (tertiary/aromatic N) is 1. The Morgan fingerprint density at radius 3 is 2.33 bits per heavy atom. The highest BCUT2D eigenvalue weighted by Gasteiger charge is 2.19. The monoisotopic (exact) mass is 342 g/mol. The Labute approximate surface area is 132 Å². The third-order valence-corrected chi connectivity index (χ3v) is 3.43. The van der Waals surface area contributed by atoms with Crippen LogP contribution < -0.4 is 5.73 Å². The van der Waals surface area contributed by atoms with E-state index >= 15 is 0 Å². The number of rotatable bonds is 6. The predicted octanol–water partition coefficient (Wildman–Crippen LogP) is 2.56. The first-order valence-electron chi connectivity index (χ1n) is 5.99. The fourth-order valence-corrected chi connectivity index (χ4v) is 2.19. The van der Waals surface area contributed by atoms with Crippen LogP contribution >= 0.6 is 24.2 Å². The first-order chi connectivity index (χ1) is 9.36. The van der Waals surface area contributed by atoms with Crippen LogP contribution in [-0.2, 0) is 11.3 Å². The highest BCUT2D eigenvalue weighted by atomic mass is 35.5. The molecule has 0 saturated carbocycles. The maximum Gasteiger partial charge on any atom is 0.239 e. The van der Waals surface area contributed by atoms with Gasteiger partial charge in [0, 0.05) is 13.6 Å². The molecule has 1 rings (SSSR count). The first kappa shape index (κ1) is 20.1. The molecule has 1 atom stereocenters. The molecule has 0 fully saturated rings. The molecule has 0 aliphatic rings. The van der Waals surface area contributed by atoms with Crippen molar-refractivity contribution >= 4 is 30.1 Å².